The molecule has 8 heteroatoms. The zero-order chi connectivity index (χ0) is 22.2. The highest BCUT2D eigenvalue weighted by atomic mass is 32.2. The van der Waals surface area contributed by atoms with Gasteiger partial charge in [-0.3, -0.25) is 9.52 Å². The van der Waals surface area contributed by atoms with E-state index in [2.05, 4.69) is 22.1 Å². The van der Waals surface area contributed by atoms with Gasteiger partial charge in [-0.1, -0.05) is 18.2 Å². The van der Waals surface area contributed by atoms with Gasteiger partial charge in [0.2, 0.25) is 0 Å². The maximum Gasteiger partial charge on any atom is 0.262 e. The van der Waals surface area contributed by atoms with Crippen molar-refractivity contribution in [2.75, 3.05) is 10.0 Å². The van der Waals surface area contributed by atoms with Gasteiger partial charge in [-0.2, -0.15) is 5.10 Å². The van der Waals surface area contributed by atoms with Gasteiger partial charge in [0.05, 0.1) is 17.1 Å². The first kappa shape index (κ1) is 21.1. The lowest BCUT2D eigenvalue weighted by Gasteiger charge is -2.16. The zero-order valence-electron chi connectivity index (χ0n) is 17.8. The molecular formula is C23H26N4O3S. The Morgan fingerprint density at radius 2 is 1.90 bits per heavy atom. The molecular weight excluding hydrogens is 412 g/mol. The standard InChI is InChI=1S/C23H26N4O3S/c1-15-7-8-16(2)21(13-15)31(29,30)26-20-6-4-5-19(14-20)23(28)25-22-11-12-24-27(22)17(3)18-9-10-18/h4-8,11-14,17-18,26H,9-10H2,1-3H3,(H,25,28). The van der Waals surface area contributed by atoms with Crippen molar-refractivity contribution in [3.05, 3.63) is 71.4 Å². The first-order chi connectivity index (χ1) is 14.7. The molecule has 0 saturated heterocycles. The Kier molecular flexibility index (Phi) is 5.58. The van der Waals surface area contributed by atoms with Gasteiger partial charge in [-0.05, 0) is 74.9 Å². The molecule has 31 heavy (non-hydrogen) atoms. The fraction of sp³-hybridized carbons (Fsp3) is 0.304. The fourth-order valence-electron chi connectivity index (χ4n) is 3.64. The summed E-state index contributed by atoms with van der Waals surface area (Å²) in [6.07, 6.45) is 4.03. The molecule has 1 heterocycles. The molecule has 2 aromatic carbocycles. The van der Waals surface area contributed by atoms with Crippen molar-refractivity contribution in [3.63, 3.8) is 0 Å². The fourth-order valence-corrected chi connectivity index (χ4v) is 5.02. The number of nitrogens with zero attached hydrogens (tertiary/aromatic N) is 2. The van der Waals surface area contributed by atoms with Crippen LogP contribution in [0.25, 0.3) is 0 Å². The van der Waals surface area contributed by atoms with Crippen molar-refractivity contribution >= 4 is 27.4 Å². The van der Waals surface area contributed by atoms with E-state index in [-0.39, 0.29) is 16.8 Å². The lowest BCUT2D eigenvalue weighted by atomic mass is 10.2. The molecule has 0 spiro atoms. The third-order valence-corrected chi connectivity index (χ3v) is 7.14. The van der Waals surface area contributed by atoms with Crippen LogP contribution in [0.5, 0.6) is 0 Å². The normalized spacial score (nSPS) is 14.8. The van der Waals surface area contributed by atoms with Gasteiger partial charge in [-0.15, -0.1) is 0 Å². The molecule has 1 saturated carbocycles. The summed E-state index contributed by atoms with van der Waals surface area (Å²) < 4.78 is 30.2. The number of amides is 1. The number of aromatic nitrogens is 2. The SMILES string of the molecule is Cc1ccc(C)c(S(=O)(=O)Nc2cccc(C(=O)Nc3ccnn3C(C)C3CC3)c2)c1. The molecule has 1 fully saturated rings. The molecule has 1 aliphatic rings. The van der Waals surface area contributed by atoms with E-state index in [1.54, 1.807) is 49.5 Å². The van der Waals surface area contributed by atoms with E-state index in [1.807, 2.05) is 17.7 Å². The number of rotatable bonds is 7. The van der Waals surface area contributed by atoms with Crippen LogP contribution in [0, 0.1) is 19.8 Å². The predicted molar refractivity (Wildman–Crippen MR) is 121 cm³/mol. The largest absolute Gasteiger partial charge is 0.307 e. The van der Waals surface area contributed by atoms with E-state index in [4.69, 9.17) is 0 Å². The second-order valence-electron chi connectivity index (χ2n) is 8.15. The number of hydrogen-bond donors (Lipinski definition) is 2. The van der Waals surface area contributed by atoms with E-state index < -0.39 is 10.0 Å². The van der Waals surface area contributed by atoms with Gasteiger partial charge in [0.15, 0.2) is 0 Å². The van der Waals surface area contributed by atoms with Gasteiger partial charge >= 0.3 is 0 Å². The van der Waals surface area contributed by atoms with E-state index >= 15 is 0 Å². The number of sulfonamides is 1. The Morgan fingerprint density at radius 1 is 1.13 bits per heavy atom. The number of nitrogens with one attached hydrogen (secondary N) is 2. The highest BCUT2D eigenvalue weighted by molar-refractivity contribution is 7.92. The topological polar surface area (TPSA) is 93.1 Å². The summed E-state index contributed by atoms with van der Waals surface area (Å²) in [7, 11) is -3.78. The minimum Gasteiger partial charge on any atom is -0.307 e. The van der Waals surface area contributed by atoms with Crippen LogP contribution in [0.15, 0.2) is 59.6 Å². The summed E-state index contributed by atoms with van der Waals surface area (Å²) in [4.78, 5) is 13.1. The number of anilines is 2. The van der Waals surface area contributed by atoms with Crippen molar-refractivity contribution in [2.24, 2.45) is 5.92 Å². The Morgan fingerprint density at radius 3 is 2.65 bits per heavy atom. The average Bonchev–Trinajstić information content (AvgIpc) is 3.48. The predicted octanol–water partition coefficient (Wildman–Crippen LogP) is 4.52. The van der Waals surface area contributed by atoms with E-state index in [0.717, 1.165) is 5.56 Å². The molecule has 1 unspecified atom stereocenters. The van der Waals surface area contributed by atoms with Gasteiger partial charge in [0.25, 0.3) is 15.9 Å². The van der Waals surface area contributed by atoms with Gasteiger partial charge in [-0.25, -0.2) is 13.1 Å². The third kappa shape index (κ3) is 4.64. The summed E-state index contributed by atoms with van der Waals surface area (Å²) in [5, 5.41) is 7.24. The Bertz CT molecular complexity index is 1230. The molecule has 162 valence electrons. The van der Waals surface area contributed by atoms with Crippen LogP contribution in [0.2, 0.25) is 0 Å². The Labute approximate surface area is 182 Å². The maximum absolute atomic E-state index is 12.9. The first-order valence-electron chi connectivity index (χ1n) is 10.3. The Balaban J connectivity index is 1.53. The first-order valence-corrected chi connectivity index (χ1v) is 11.8. The quantitative estimate of drug-likeness (QED) is 0.567. The summed E-state index contributed by atoms with van der Waals surface area (Å²) >= 11 is 0. The van der Waals surface area contributed by atoms with Gasteiger partial charge in [0, 0.05) is 17.3 Å². The molecule has 7 nitrogen and oxygen atoms in total. The van der Waals surface area contributed by atoms with Crippen LogP contribution in [0.1, 0.15) is 47.3 Å². The minimum absolute atomic E-state index is 0.223. The van der Waals surface area contributed by atoms with Crippen LogP contribution >= 0.6 is 0 Å². The molecule has 0 bridgehead atoms. The summed E-state index contributed by atoms with van der Waals surface area (Å²) in [6, 6.07) is 13.7. The van der Waals surface area contributed by atoms with Crippen molar-refractivity contribution in [3.8, 4) is 0 Å². The molecule has 3 aromatic rings. The smallest absolute Gasteiger partial charge is 0.262 e. The monoisotopic (exact) mass is 438 g/mol. The second kappa shape index (κ2) is 8.19. The zero-order valence-corrected chi connectivity index (χ0v) is 18.6. The van der Waals surface area contributed by atoms with E-state index in [1.165, 1.54) is 18.9 Å². The van der Waals surface area contributed by atoms with Crippen molar-refractivity contribution in [1.82, 2.24) is 9.78 Å². The highest BCUT2D eigenvalue weighted by Gasteiger charge is 2.30. The summed E-state index contributed by atoms with van der Waals surface area (Å²) in [6.45, 7) is 5.70. The van der Waals surface area contributed by atoms with Crippen LogP contribution in [-0.2, 0) is 10.0 Å². The molecule has 2 N–H and O–H groups in total. The molecule has 0 aliphatic heterocycles. The lowest BCUT2D eigenvalue weighted by molar-refractivity contribution is 0.102. The number of benzene rings is 2. The van der Waals surface area contributed by atoms with Crippen molar-refractivity contribution in [1.29, 1.82) is 0 Å². The Hall–Kier alpha value is -3.13. The van der Waals surface area contributed by atoms with Gasteiger partial charge in [0.1, 0.15) is 5.82 Å². The molecule has 0 radical (unpaired) electrons. The van der Waals surface area contributed by atoms with E-state index in [0.29, 0.717) is 28.6 Å². The van der Waals surface area contributed by atoms with Crippen LogP contribution in [0.3, 0.4) is 0 Å². The highest BCUT2D eigenvalue weighted by Crippen LogP contribution is 2.40. The van der Waals surface area contributed by atoms with E-state index in [9.17, 15) is 13.2 Å². The number of carbonyl (C=O) groups excluding carboxylic acids is 1. The average molecular weight is 439 g/mol. The van der Waals surface area contributed by atoms with Crippen molar-refractivity contribution < 1.29 is 13.2 Å². The molecule has 1 aromatic heterocycles. The molecule has 1 amide bonds. The van der Waals surface area contributed by atoms with Crippen LogP contribution < -0.4 is 10.0 Å². The molecule has 4 rings (SSSR count). The summed E-state index contributed by atoms with van der Waals surface area (Å²) in [5.41, 5.74) is 2.20. The lowest BCUT2D eigenvalue weighted by Crippen LogP contribution is -2.19. The molecule has 1 atom stereocenters. The maximum atomic E-state index is 12.9. The third-order valence-electron chi connectivity index (χ3n) is 5.61. The second-order valence-corrected chi connectivity index (χ2v) is 9.80. The van der Waals surface area contributed by atoms with Crippen molar-refractivity contribution in [2.45, 2.75) is 44.6 Å². The minimum atomic E-state index is -3.78. The van der Waals surface area contributed by atoms with Gasteiger partial charge < -0.3 is 5.32 Å². The number of carbonyl (C=O) groups is 1. The molecule has 1 aliphatic carbocycles. The summed E-state index contributed by atoms with van der Waals surface area (Å²) in [5.74, 6) is 0.904. The van der Waals surface area contributed by atoms with Crippen LogP contribution in [-0.4, -0.2) is 24.1 Å². The number of hydrogen-bond acceptors (Lipinski definition) is 4. The number of aryl methyl sites for hydroxylation is 2. The van der Waals surface area contributed by atoms with Crippen LogP contribution in [0.4, 0.5) is 11.5 Å².